The Morgan fingerprint density at radius 1 is 0.760 bits per heavy atom. The Balaban J connectivity index is 0.000000299. The van der Waals surface area contributed by atoms with Crippen molar-refractivity contribution in [2.45, 2.75) is 26.9 Å². The normalized spacial score (nSPS) is 10.4. The van der Waals surface area contributed by atoms with Crippen LogP contribution in [0.3, 0.4) is 0 Å². The first-order chi connectivity index (χ1) is 12.0. The Labute approximate surface area is 150 Å². The molecule has 0 spiro atoms. The third-order valence-electron chi connectivity index (χ3n) is 2.87. The third kappa shape index (κ3) is 9.66. The van der Waals surface area contributed by atoms with E-state index in [0.29, 0.717) is 11.5 Å². The van der Waals surface area contributed by atoms with E-state index in [0.717, 1.165) is 13.2 Å². The van der Waals surface area contributed by atoms with Gasteiger partial charge in [-0.3, -0.25) is 0 Å². The molecule has 2 aromatic rings. The first-order valence-corrected chi connectivity index (χ1v) is 11.1. The van der Waals surface area contributed by atoms with E-state index < -0.39 is 14.7 Å². The van der Waals surface area contributed by atoms with E-state index in [4.69, 9.17) is 18.3 Å². The van der Waals surface area contributed by atoms with E-state index in [1.807, 2.05) is 26.0 Å². The van der Waals surface area contributed by atoms with Crippen molar-refractivity contribution in [2.75, 3.05) is 13.2 Å². The van der Waals surface area contributed by atoms with Gasteiger partial charge in [-0.1, -0.05) is 36.4 Å². The van der Waals surface area contributed by atoms with Crippen LogP contribution in [0.15, 0.2) is 60.7 Å². The molecule has 0 bridgehead atoms. The molecular formula is C19H26O5Si. The van der Waals surface area contributed by atoms with Crippen LogP contribution in [0.2, 0.25) is 13.1 Å². The fourth-order valence-corrected chi connectivity index (χ4v) is 3.40. The van der Waals surface area contributed by atoms with Gasteiger partial charge in [0.05, 0.1) is 0 Å². The lowest BCUT2D eigenvalue weighted by Crippen LogP contribution is -2.34. The van der Waals surface area contributed by atoms with Gasteiger partial charge in [-0.15, -0.1) is 0 Å². The van der Waals surface area contributed by atoms with E-state index in [9.17, 15) is 4.79 Å². The molecule has 0 radical (unpaired) electrons. The van der Waals surface area contributed by atoms with Gasteiger partial charge in [-0.05, 0) is 51.2 Å². The van der Waals surface area contributed by atoms with Crippen molar-refractivity contribution in [3.05, 3.63) is 60.7 Å². The van der Waals surface area contributed by atoms with Crippen LogP contribution in [0.4, 0.5) is 4.79 Å². The molecule has 0 saturated heterocycles. The summed E-state index contributed by atoms with van der Waals surface area (Å²) < 4.78 is 20.7. The molecule has 0 aliphatic carbocycles. The summed E-state index contributed by atoms with van der Waals surface area (Å²) in [5.41, 5.74) is 0. The van der Waals surface area contributed by atoms with Gasteiger partial charge in [-0.25, -0.2) is 4.79 Å². The Morgan fingerprint density at radius 3 is 1.44 bits per heavy atom. The van der Waals surface area contributed by atoms with Crippen molar-refractivity contribution >= 4 is 14.7 Å². The molecule has 0 aromatic heterocycles. The molecular weight excluding hydrogens is 336 g/mol. The SMILES string of the molecule is CCO[Si](C)(C)OCC.O=C(Oc1ccccc1)Oc1ccccc1. The van der Waals surface area contributed by atoms with Gasteiger partial charge >= 0.3 is 14.7 Å². The van der Waals surface area contributed by atoms with Crippen LogP contribution in [0.1, 0.15) is 13.8 Å². The maximum absolute atomic E-state index is 11.3. The molecule has 136 valence electrons. The van der Waals surface area contributed by atoms with Crippen molar-refractivity contribution in [1.82, 2.24) is 0 Å². The Kier molecular flexibility index (Phi) is 9.53. The zero-order valence-corrected chi connectivity index (χ0v) is 16.2. The average Bonchev–Trinajstić information content (AvgIpc) is 2.57. The van der Waals surface area contributed by atoms with Crippen molar-refractivity contribution in [3.63, 3.8) is 0 Å². The topological polar surface area (TPSA) is 54.0 Å². The van der Waals surface area contributed by atoms with Crippen LogP contribution < -0.4 is 9.47 Å². The van der Waals surface area contributed by atoms with Crippen LogP contribution >= 0.6 is 0 Å². The smallest absolute Gasteiger partial charge is 0.395 e. The summed E-state index contributed by atoms with van der Waals surface area (Å²) in [5, 5.41) is 0. The number of hydrogen-bond donors (Lipinski definition) is 0. The lowest BCUT2D eigenvalue weighted by molar-refractivity contribution is 0.152. The van der Waals surface area contributed by atoms with Crippen LogP contribution in [-0.2, 0) is 8.85 Å². The molecule has 0 atom stereocenters. The lowest BCUT2D eigenvalue weighted by Gasteiger charge is -2.20. The predicted octanol–water partition coefficient (Wildman–Crippen LogP) is 5.03. The summed E-state index contributed by atoms with van der Waals surface area (Å²) in [6.07, 6.45) is -0.739. The Bertz CT molecular complexity index is 550. The summed E-state index contributed by atoms with van der Waals surface area (Å²) in [6.45, 7) is 9.62. The molecule has 2 aromatic carbocycles. The number of ether oxygens (including phenoxy) is 2. The second kappa shape index (κ2) is 11.4. The summed E-state index contributed by atoms with van der Waals surface area (Å²) in [5.74, 6) is 0.923. The highest BCUT2D eigenvalue weighted by molar-refractivity contribution is 6.64. The van der Waals surface area contributed by atoms with E-state index in [-0.39, 0.29) is 0 Å². The highest BCUT2D eigenvalue weighted by atomic mass is 28.4. The molecule has 25 heavy (non-hydrogen) atoms. The van der Waals surface area contributed by atoms with Gasteiger partial charge in [0.15, 0.2) is 0 Å². The Morgan fingerprint density at radius 2 is 1.12 bits per heavy atom. The van der Waals surface area contributed by atoms with Gasteiger partial charge in [0.2, 0.25) is 0 Å². The molecule has 0 aliphatic heterocycles. The van der Waals surface area contributed by atoms with Crippen LogP contribution in [0.5, 0.6) is 11.5 Å². The largest absolute Gasteiger partial charge is 0.519 e. The number of benzene rings is 2. The number of hydrogen-bond acceptors (Lipinski definition) is 5. The van der Waals surface area contributed by atoms with Crippen LogP contribution in [0, 0.1) is 0 Å². The number of para-hydroxylation sites is 2. The van der Waals surface area contributed by atoms with E-state index >= 15 is 0 Å². The first kappa shape index (κ1) is 20.9. The van der Waals surface area contributed by atoms with Crippen molar-refractivity contribution in [2.24, 2.45) is 0 Å². The molecule has 0 fully saturated rings. The summed E-state index contributed by atoms with van der Waals surface area (Å²) >= 11 is 0. The molecule has 2 rings (SSSR count). The molecule has 0 aliphatic rings. The van der Waals surface area contributed by atoms with Crippen LogP contribution in [-0.4, -0.2) is 27.9 Å². The number of rotatable bonds is 6. The van der Waals surface area contributed by atoms with Crippen molar-refractivity contribution in [3.8, 4) is 11.5 Å². The second-order valence-electron chi connectivity index (χ2n) is 5.35. The van der Waals surface area contributed by atoms with E-state index in [1.165, 1.54) is 0 Å². The lowest BCUT2D eigenvalue weighted by atomic mass is 10.3. The first-order valence-electron chi connectivity index (χ1n) is 8.24. The average molecular weight is 362 g/mol. The highest BCUT2D eigenvalue weighted by Crippen LogP contribution is 2.12. The zero-order valence-electron chi connectivity index (χ0n) is 15.2. The van der Waals surface area contributed by atoms with E-state index in [2.05, 4.69) is 13.1 Å². The minimum Gasteiger partial charge on any atom is -0.395 e. The molecule has 0 saturated carbocycles. The molecule has 0 N–H and O–H groups in total. The zero-order chi connectivity index (χ0) is 18.5. The van der Waals surface area contributed by atoms with Gasteiger partial charge < -0.3 is 18.3 Å². The quantitative estimate of drug-likeness (QED) is 0.410. The van der Waals surface area contributed by atoms with Crippen molar-refractivity contribution < 1.29 is 23.1 Å². The second-order valence-corrected chi connectivity index (χ2v) is 8.72. The third-order valence-corrected chi connectivity index (χ3v) is 4.84. The van der Waals surface area contributed by atoms with Gasteiger partial charge in [0, 0.05) is 13.2 Å². The summed E-state index contributed by atoms with van der Waals surface area (Å²) in [7, 11) is -1.70. The fraction of sp³-hybridized carbons (Fsp3) is 0.316. The monoisotopic (exact) mass is 362 g/mol. The predicted molar refractivity (Wildman–Crippen MR) is 100 cm³/mol. The molecule has 0 unspecified atom stereocenters. The maximum Gasteiger partial charge on any atom is 0.519 e. The van der Waals surface area contributed by atoms with Gasteiger partial charge in [-0.2, -0.15) is 0 Å². The molecule has 6 heteroatoms. The minimum atomic E-state index is -1.70. The summed E-state index contributed by atoms with van der Waals surface area (Å²) in [6, 6.07) is 17.6. The summed E-state index contributed by atoms with van der Waals surface area (Å²) in [4.78, 5) is 11.3. The van der Waals surface area contributed by atoms with Gasteiger partial charge in [0.25, 0.3) is 0 Å². The number of carbonyl (C=O) groups excluding carboxylic acids is 1. The fourth-order valence-electron chi connectivity index (χ4n) is 1.93. The van der Waals surface area contributed by atoms with E-state index in [1.54, 1.807) is 48.5 Å². The molecule has 0 heterocycles. The minimum absolute atomic E-state index is 0.462. The molecule has 5 nitrogen and oxygen atoms in total. The maximum atomic E-state index is 11.3. The highest BCUT2D eigenvalue weighted by Gasteiger charge is 2.22. The standard InChI is InChI=1S/C13H10O3.C6H16O2Si/c14-13(15-11-7-3-1-4-8-11)16-12-9-5-2-6-10-12;1-5-7-9(3,4)8-6-2/h1-10H;5-6H2,1-4H3. The van der Waals surface area contributed by atoms with Crippen LogP contribution in [0.25, 0.3) is 0 Å². The van der Waals surface area contributed by atoms with Crippen molar-refractivity contribution in [1.29, 1.82) is 0 Å². The number of carbonyl (C=O) groups is 1. The molecule has 0 amide bonds. The van der Waals surface area contributed by atoms with Gasteiger partial charge in [0.1, 0.15) is 11.5 Å². The Hall–Kier alpha value is -2.15.